The van der Waals surface area contributed by atoms with Crippen molar-refractivity contribution >= 4 is 93.2 Å². The zero-order valence-electron chi connectivity index (χ0n) is 17.4. The summed E-state index contributed by atoms with van der Waals surface area (Å²) < 4.78 is 30.6. The predicted molar refractivity (Wildman–Crippen MR) is 141 cm³/mol. The fraction of sp³-hybridized carbons (Fsp3) is 0.0455. The van der Waals surface area contributed by atoms with Gasteiger partial charge in [-0.05, 0) is 66.9 Å². The van der Waals surface area contributed by atoms with Crippen LogP contribution in [-0.2, 0) is 10.0 Å². The van der Waals surface area contributed by atoms with Crippen LogP contribution in [0.1, 0.15) is 10.4 Å². The Morgan fingerprint density at radius 3 is 2.24 bits per heavy atom. The van der Waals surface area contributed by atoms with Crippen molar-refractivity contribution in [2.45, 2.75) is 9.24 Å². The van der Waals surface area contributed by atoms with Gasteiger partial charge in [-0.2, -0.15) is 0 Å². The number of carbonyl (C=O) groups excluding carboxylic acids is 1. The van der Waals surface area contributed by atoms with Gasteiger partial charge in [-0.25, -0.2) is 18.4 Å². The van der Waals surface area contributed by atoms with E-state index in [4.69, 9.17) is 11.6 Å². The molecular formula is C22H15ClN4O3S4. The monoisotopic (exact) mass is 546 g/mol. The number of aromatic nitrogens is 2. The number of nitrogens with one attached hydrogen (secondary N) is 2. The highest BCUT2D eigenvalue weighted by Crippen LogP contribution is 2.38. The topological polar surface area (TPSA) is 101 Å². The Labute approximate surface area is 212 Å². The molecular weight excluding hydrogens is 532 g/mol. The first kappa shape index (κ1) is 23.1. The van der Waals surface area contributed by atoms with Gasteiger partial charge in [0, 0.05) is 16.3 Å². The Hall–Kier alpha value is -2.70. The van der Waals surface area contributed by atoms with E-state index in [0.717, 1.165) is 24.8 Å². The normalized spacial score (nSPS) is 11.7. The molecule has 0 saturated heterocycles. The highest BCUT2D eigenvalue weighted by atomic mass is 35.5. The van der Waals surface area contributed by atoms with Crippen molar-refractivity contribution in [2.24, 2.45) is 0 Å². The SMILES string of the molecule is CSc1nc2ccc3nc(NC(=O)c4ccc(NS(=O)(=O)c5ccc(Cl)cc5)cc4)sc3c2s1. The molecule has 2 N–H and O–H groups in total. The molecule has 0 fully saturated rings. The molecule has 2 heterocycles. The zero-order valence-corrected chi connectivity index (χ0v) is 21.4. The average Bonchev–Trinajstić information content (AvgIpc) is 3.42. The molecule has 0 unspecified atom stereocenters. The van der Waals surface area contributed by atoms with Gasteiger partial charge in [0.05, 0.1) is 25.3 Å². The maximum absolute atomic E-state index is 12.7. The molecule has 1 amide bonds. The largest absolute Gasteiger partial charge is 0.298 e. The molecule has 0 saturated carbocycles. The molecule has 0 aliphatic heterocycles. The fourth-order valence-electron chi connectivity index (χ4n) is 3.18. The minimum atomic E-state index is -3.77. The van der Waals surface area contributed by atoms with E-state index in [-0.39, 0.29) is 10.8 Å². The Kier molecular flexibility index (Phi) is 6.21. The molecule has 0 aliphatic rings. The van der Waals surface area contributed by atoms with Crippen LogP contribution in [0.15, 0.2) is 69.9 Å². The lowest BCUT2D eigenvalue weighted by molar-refractivity contribution is 0.102. The van der Waals surface area contributed by atoms with Gasteiger partial charge in [-0.3, -0.25) is 14.8 Å². The number of thioether (sulfide) groups is 1. The van der Waals surface area contributed by atoms with Gasteiger partial charge in [-0.15, -0.1) is 11.3 Å². The third-order valence-electron chi connectivity index (χ3n) is 4.81. The number of anilines is 2. The van der Waals surface area contributed by atoms with Gasteiger partial charge in [0.2, 0.25) is 0 Å². The Balaban J connectivity index is 1.32. The van der Waals surface area contributed by atoms with E-state index in [1.165, 1.54) is 47.7 Å². The van der Waals surface area contributed by atoms with Crippen LogP contribution in [0.4, 0.5) is 10.8 Å². The first-order valence-electron chi connectivity index (χ1n) is 9.76. The van der Waals surface area contributed by atoms with Crippen LogP contribution >= 0.6 is 46.0 Å². The number of hydrogen-bond donors (Lipinski definition) is 2. The van der Waals surface area contributed by atoms with Crippen molar-refractivity contribution in [3.8, 4) is 0 Å². The second-order valence-corrected chi connectivity index (χ2v) is 12.2. The van der Waals surface area contributed by atoms with Crippen molar-refractivity contribution in [2.75, 3.05) is 16.3 Å². The van der Waals surface area contributed by atoms with Gasteiger partial charge < -0.3 is 0 Å². The second kappa shape index (κ2) is 9.16. The maximum atomic E-state index is 12.7. The van der Waals surface area contributed by atoms with Crippen LogP contribution in [0, 0.1) is 0 Å². The lowest BCUT2D eigenvalue weighted by atomic mass is 10.2. The van der Waals surface area contributed by atoms with E-state index in [1.54, 1.807) is 35.2 Å². The molecule has 34 heavy (non-hydrogen) atoms. The Morgan fingerprint density at radius 1 is 0.912 bits per heavy atom. The third kappa shape index (κ3) is 4.62. The number of amides is 1. The molecule has 3 aromatic carbocycles. The first-order valence-corrected chi connectivity index (χ1v) is 14.5. The van der Waals surface area contributed by atoms with E-state index in [9.17, 15) is 13.2 Å². The molecule has 0 spiro atoms. The molecule has 0 radical (unpaired) electrons. The highest BCUT2D eigenvalue weighted by Gasteiger charge is 2.16. The van der Waals surface area contributed by atoms with Crippen LogP contribution in [-0.4, -0.2) is 30.5 Å². The van der Waals surface area contributed by atoms with Crippen molar-refractivity contribution < 1.29 is 13.2 Å². The second-order valence-electron chi connectivity index (χ2n) is 7.06. The quantitative estimate of drug-likeness (QED) is 0.241. The molecule has 0 bridgehead atoms. The molecule has 0 aliphatic carbocycles. The summed E-state index contributed by atoms with van der Waals surface area (Å²) in [5.41, 5.74) is 2.43. The number of nitrogens with zero attached hydrogens (tertiary/aromatic N) is 2. The zero-order chi connectivity index (χ0) is 23.9. The van der Waals surface area contributed by atoms with E-state index in [0.29, 0.717) is 21.4 Å². The summed E-state index contributed by atoms with van der Waals surface area (Å²) >= 11 is 10.4. The summed E-state index contributed by atoms with van der Waals surface area (Å²) in [6, 6.07) is 15.9. The number of sulfonamides is 1. The van der Waals surface area contributed by atoms with Gasteiger partial charge >= 0.3 is 0 Å². The molecule has 5 rings (SSSR count). The smallest absolute Gasteiger partial charge is 0.261 e. The standard InChI is InChI=1S/C22H15ClN4O3S4/c1-31-22-25-17-11-10-16-18(19(17)33-22)32-21(24-16)26-20(28)12-2-6-14(7-3-12)27-34(29,30)15-8-4-13(23)5-9-15/h2-11,27H,1H3,(H,24,26,28). The van der Waals surface area contributed by atoms with Crippen molar-refractivity contribution in [3.05, 3.63) is 71.2 Å². The van der Waals surface area contributed by atoms with Crippen molar-refractivity contribution in [1.82, 2.24) is 9.97 Å². The Bertz CT molecular complexity index is 1630. The van der Waals surface area contributed by atoms with Gasteiger partial charge in [-0.1, -0.05) is 34.7 Å². The first-order chi connectivity index (χ1) is 16.3. The fourth-order valence-corrected chi connectivity index (χ4v) is 7.02. The van der Waals surface area contributed by atoms with Crippen molar-refractivity contribution in [3.63, 3.8) is 0 Å². The average molecular weight is 547 g/mol. The van der Waals surface area contributed by atoms with Gasteiger partial charge in [0.15, 0.2) is 9.47 Å². The number of hydrogen-bond acceptors (Lipinski definition) is 8. The van der Waals surface area contributed by atoms with E-state index >= 15 is 0 Å². The maximum Gasteiger partial charge on any atom is 0.261 e. The lowest BCUT2D eigenvalue weighted by Gasteiger charge is -2.09. The lowest BCUT2D eigenvalue weighted by Crippen LogP contribution is -2.14. The molecule has 7 nitrogen and oxygen atoms in total. The van der Waals surface area contributed by atoms with E-state index < -0.39 is 10.0 Å². The molecule has 12 heteroatoms. The third-order valence-corrected chi connectivity index (χ3v) is 9.67. The number of carbonyl (C=O) groups is 1. The van der Waals surface area contributed by atoms with Crippen molar-refractivity contribution in [1.29, 1.82) is 0 Å². The summed E-state index contributed by atoms with van der Waals surface area (Å²) in [5, 5.41) is 3.76. The highest BCUT2D eigenvalue weighted by molar-refractivity contribution is 8.00. The summed E-state index contributed by atoms with van der Waals surface area (Å²) in [5.74, 6) is -0.337. The summed E-state index contributed by atoms with van der Waals surface area (Å²) in [6.07, 6.45) is 1.99. The predicted octanol–water partition coefficient (Wildman–Crippen LogP) is 6.33. The minimum absolute atomic E-state index is 0.0919. The van der Waals surface area contributed by atoms with Crippen LogP contribution in [0.3, 0.4) is 0 Å². The van der Waals surface area contributed by atoms with Gasteiger partial charge in [0.1, 0.15) is 0 Å². The summed E-state index contributed by atoms with van der Waals surface area (Å²) in [4.78, 5) is 21.9. The summed E-state index contributed by atoms with van der Waals surface area (Å²) in [6.45, 7) is 0. The number of thiazole rings is 2. The summed E-state index contributed by atoms with van der Waals surface area (Å²) in [7, 11) is -3.77. The van der Waals surface area contributed by atoms with Crippen LogP contribution < -0.4 is 10.0 Å². The van der Waals surface area contributed by atoms with Crippen LogP contribution in [0.2, 0.25) is 5.02 Å². The minimum Gasteiger partial charge on any atom is -0.298 e. The molecule has 0 atom stereocenters. The van der Waals surface area contributed by atoms with Crippen LogP contribution in [0.25, 0.3) is 20.4 Å². The number of rotatable bonds is 6. The number of fused-ring (bicyclic) bond motifs is 3. The van der Waals surface area contributed by atoms with Gasteiger partial charge in [0.25, 0.3) is 15.9 Å². The van der Waals surface area contributed by atoms with E-state index in [2.05, 4.69) is 20.0 Å². The number of benzene rings is 3. The van der Waals surface area contributed by atoms with Crippen LogP contribution in [0.5, 0.6) is 0 Å². The number of halogens is 1. The molecule has 172 valence electrons. The van der Waals surface area contributed by atoms with E-state index in [1.807, 2.05) is 18.4 Å². The molecule has 2 aromatic heterocycles. The molecule has 5 aromatic rings. The Morgan fingerprint density at radius 2 is 1.56 bits per heavy atom.